The number of aliphatic carboxylic acids is 1. The van der Waals surface area contributed by atoms with Gasteiger partial charge >= 0.3 is 5.97 Å². The highest BCUT2D eigenvalue weighted by molar-refractivity contribution is 5.96. The number of aliphatic hydroxyl groups is 2. The number of fused-ring (bicyclic) bond motifs is 6. The van der Waals surface area contributed by atoms with Crippen LogP contribution >= 0.6 is 0 Å². The average Bonchev–Trinajstić information content (AvgIpc) is 3.52. The molecule has 1 heterocycles. The zero-order chi connectivity index (χ0) is 30.1. The lowest BCUT2D eigenvalue weighted by Crippen LogP contribution is -2.61. The Morgan fingerprint density at radius 1 is 1.07 bits per heavy atom. The lowest BCUT2D eigenvalue weighted by Gasteiger charge is -2.60. The van der Waals surface area contributed by atoms with Crippen LogP contribution in [0.15, 0.2) is 66.4 Å². The topological polar surface area (TPSA) is 113 Å². The lowest BCUT2D eigenvalue weighted by molar-refractivity contribution is -0.193. The number of Topliss-reactive ketones (excluding diaryl/α,β-unsaturated/α-hetero) is 1. The second kappa shape index (κ2) is 10.00. The molecule has 3 N–H and O–H groups in total. The summed E-state index contributed by atoms with van der Waals surface area (Å²) in [5.41, 5.74) is 3.21. The van der Waals surface area contributed by atoms with Gasteiger partial charge in [0.15, 0.2) is 11.4 Å². The van der Waals surface area contributed by atoms with E-state index in [0.717, 1.165) is 41.8 Å². The number of carbonyl (C=O) groups excluding carboxylic acids is 1. The molecule has 0 radical (unpaired) electrons. The SMILES string of the molecule is C[C@]12Cc3cnn(-c4cccc(C(=O)CCc5ccccc5)c4)c3C=C1CCC1C2[C@@H](O)C[C@@]2(C)C1CC[C@]2(O)C(=O)O. The fourth-order valence-electron chi connectivity index (χ4n) is 9.60. The van der Waals surface area contributed by atoms with Gasteiger partial charge in [-0.3, -0.25) is 4.79 Å². The zero-order valence-corrected chi connectivity index (χ0v) is 24.9. The molecule has 3 unspecified atom stereocenters. The number of nitrogens with zero attached hydrogens (tertiary/aromatic N) is 2. The van der Waals surface area contributed by atoms with E-state index in [-0.39, 0.29) is 35.4 Å². The average molecular weight is 581 g/mol. The van der Waals surface area contributed by atoms with Gasteiger partial charge in [0, 0.05) is 17.4 Å². The van der Waals surface area contributed by atoms with Crippen LogP contribution in [-0.2, 0) is 17.6 Å². The smallest absolute Gasteiger partial charge is 0.336 e. The van der Waals surface area contributed by atoms with Gasteiger partial charge < -0.3 is 15.3 Å². The van der Waals surface area contributed by atoms with E-state index in [1.165, 1.54) is 5.57 Å². The van der Waals surface area contributed by atoms with E-state index >= 15 is 0 Å². The molecule has 1 aromatic heterocycles. The molecule has 43 heavy (non-hydrogen) atoms. The largest absolute Gasteiger partial charge is 0.479 e. The Morgan fingerprint density at radius 2 is 1.86 bits per heavy atom. The van der Waals surface area contributed by atoms with Crippen LogP contribution in [0.3, 0.4) is 0 Å². The van der Waals surface area contributed by atoms with Gasteiger partial charge in [-0.2, -0.15) is 5.10 Å². The van der Waals surface area contributed by atoms with Gasteiger partial charge in [0.2, 0.25) is 0 Å². The molecule has 0 spiro atoms. The summed E-state index contributed by atoms with van der Waals surface area (Å²) in [7, 11) is 0. The Balaban J connectivity index is 1.16. The van der Waals surface area contributed by atoms with Crippen molar-refractivity contribution in [2.45, 2.75) is 76.9 Å². The third-order valence-electron chi connectivity index (χ3n) is 11.8. The first-order valence-corrected chi connectivity index (χ1v) is 15.6. The van der Waals surface area contributed by atoms with Gasteiger partial charge in [-0.05, 0) is 97.5 Å². The summed E-state index contributed by atoms with van der Waals surface area (Å²) in [4.78, 5) is 25.3. The second-order valence-electron chi connectivity index (χ2n) is 13.9. The Morgan fingerprint density at radius 3 is 2.63 bits per heavy atom. The number of benzene rings is 2. The summed E-state index contributed by atoms with van der Waals surface area (Å²) in [6.45, 7) is 4.14. The van der Waals surface area contributed by atoms with Gasteiger partial charge in [-0.15, -0.1) is 0 Å². The summed E-state index contributed by atoms with van der Waals surface area (Å²) < 4.78 is 1.93. The van der Waals surface area contributed by atoms with E-state index < -0.39 is 23.1 Å². The normalized spacial score (nSPS) is 34.4. The monoisotopic (exact) mass is 580 g/mol. The van der Waals surface area contributed by atoms with Gasteiger partial charge in [-0.25, -0.2) is 9.48 Å². The van der Waals surface area contributed by atoms with Crippen LogP contribution < -0.4 is 0 Å². The molecule has 3 saturated carbocycles. The maximum absolute atomic E-state index is 13.1. The maximum Gasteiger partial charge on any atom is 0.336 e. The van der Waals surface area contributed by atoms with Gasteiger partial charge in [-0.1, -0.05) is 61.9 Å². The molecule has 0 amide bonds. The molecule has 4 aliphatic rings. The van der Waals surface area contributed by atoms with Crippen LogP contribution in [0.2, 0.25) is 0 Å². The molecule has 7 atom stereocenters. The standard InChI is InChI=1S/C36H40N2O5/c1-34-19-24-21-37-38(26-10-6-9-23(17-26)30(39)14-11-22-7-4-3-5-8-22)29(24)18-25(34)12-13-27-28-15-16-36(43,33(41)42)35(28,2)20-31(40)32(27)34/h3-10,17-18,21,27-28,31-32,40,43H,11-16,19-20H2,1-2H3,(H,41,42)/t27?,28?,31-,32?,34-,35-,36-/m0/s1. The zero-order valence-electron chi connectivity index (χ0n) is 24.9. The van der Waals surface area contributed by atoms with Crippen molar-refractivity contribution in [1.29, 1.82) is 0 Å². The molecule has 3 fully saturated rings. The Labute approximate surface area is 252 Å². The first-order chi connectivity index (χ1) is 20.5. The minimum absolute atomic E-state index is 0.0104. The highest BCUT2D eigenvalue weighted by Gasteiger charge is 2.68. The lowest BCUT2D eigenvalue weighted by atomic mass is 9.45. The van der Waals surface area contributed by atoms with Gasteiger partial charge in [0.25, 0.3) is 0 Å². The summed E-state index contributed by atoms with van der Waals surface area (Å²) >= 11 is 0. The van der Waals surface area contributed by atoms with Crippen LogP contribution in [0.25, 0.3) is 11.8 Å². The van der Waals surface area contributed by atoms with Crippen molar-refractivity contribution in [3.63, 3.8) is 0 Å². The molecule has 7 heteroatoms. The molecule has 4 aliphatic carbocycles. The highest BCUT2D eigenvalue weighted by atomic mass is 16.4. The van der Waals surface area contributed by atoms with E-state index in [4.69, 9.17) is 5.10 Å². The van der Waals surface area contributed by atoms with Crippen LogP contribution in [0.1, 0.15) is 79.6 Å². The number of carboxylic acid groups (broad SMARTS) is 1. The molecule has 0 saturated heterocycles. The number of rotatable bonds is 6. The molecule has 0 aliphatic heterocycles. The molecule has 224 valence electrons. The van der Waals surface area contributed by atoms with Crippen LogP contribution in [0.5, 0.6) is 0 Å². The van der Waals surface area contributed by atoms with Crippen molar-refractivity contribution in [2.24, 2.45) is 28.6 Å². The summed E-state index contributed by atoms with van der Waals surface area (Å²) in [5.74, 6) is -0.853. The predicted molar refractivity (Wildman–Crippen MR) is 163 cm³/mol. The summed E-state index contributed by atoms with van der Waals surface area (Å²) in [5, 5.41) is 37.7. The number of hydrogen-bond acceptors (Lipinski definition) is 5. The third-order valence-corrected chi connectivity index (χ3v) is 11.8. The summed E-state index contributed by atoms with van der Waals surface area (Å²) in [6.07, 6.45) is 8.30. The van der Waals surface area contributed by atoms with E-state index in [1.807, 2.05) is 72.4 Å². The fourth-order valence-corrected chi connectivity index (χ4v) is 9.60. The molecular formula is C36H40N2O5. The van der Waals surface area contributed by atoms with Crippen LogP contribution in [-0.4, -0.2) is 48.6 Å². The first kappa shape index (κ1) is 28.2. The maximum atomic E-state index is 13.1. The quantitative estimate of drug-likeness (QED) is 0.325. The highest BCUT2D eigenvalue weighted by Crippen LogP contribution is 2.67. The number of aromatic nitrogens is 2. The fraction of sp³-hybridized carbons (Fsp3) is 0.472. The van der Waals surface area contributed by atoms with Crippen molar-refractivity contribution < 1.29 is 24.9 Å². The van der Waals surface area contributed by atoms with Crippen LogP contribution in [0.4, 0.5) is 0 Å². The van der Waals surface area contributed by atoms with E-state index in [2.05, 4.69) is 13.0 Å². The van der Waals surface area contributed by atoms with Crippen molar-refractivity contribution >= 4 is 17.8 Å². The molecule has 2 aromatic carbocycles. The van der Waals surface area contributed by atoms with Crippen molar-refractivity contribution in [1.82, 2.24) is 9.78 Å². The number of aliphatic hydroxyl groups excluding tert-OH is 1. The molecule has 7 nitrogen and oxygen atoms in total. The van der Waals surface area contributed by atoms with Gasteiger partial charge in [0.1, 0.15) is 0 Å². The summed E-state index contributed by atoms with van der Waals surface area (Å²) in [6, 6.07) is 17.8. The second-order valence-corrected chi connectivity index (χ2v) is 13.9. The Hall–Kier alpha value is -3.55. The first-order valence-electron chi connectivity index (χ1n) is 15.6. The van der Waals surface area contributed by atoms with E-state index in [0.29, 0.717) is 31.2 Å². The number of ketones is 1. The number of carbonyl (C=O) groups is 2. The number of hydrogen-bond donors (Lipinski definition) is 3. The van der Waals surface area contributed by atoms with Crippen LogP contribution in [0, 0.1) is 28.6 Å². The number of allylic oxidation sites excluding steroid dienone is 1. The van der Waals surface area contributed by atoms with E-state index in [9.17, 15) is 24.9 Å². The van der Waals surface area contributed by atoms with Crippen molar-refractivity contribution in [3.8, 4) is 5.69 Å². The molecule has 0 bridgehead atoms. The minimum Gasteiger partial charge on any atom is -0.479 e. The van der Waals surface area contributed by atoms with E-state index in [1.54, 1.807) is 0 Å². The van der Waals surface area contributed by atoms with Gasteiger partial charge in [0.05, 0.1) is 23.7 Å². The number of carboxylic acids is 1. The predicted octanol–water partition coefficient (Wildman–Crippen LogP) is 5.66. The Kier molecular flexibility index (Phi) is 6.56. The Bertz CT molecular complexity index is 1630. The third kappa shape index (κ3) is 4.19. The molecule has 7 rings (SSSR count). The van der Waals surface area contributed by atoms with Crippen molar-refractivity contribution in [3.05, 3.63) is 88.8 Å². The molecule has 3 aromatic rings. The van der Waals surface area contributed by atoms with Crippen molar-refractivity contribution in [2.75, 3.05) is 0 Å². The number of aryl methyl sites for hydroxylation is 1. The molecular weight excluding hydrogens is 540 g/mol. The minimum atomic E-state index is -1.79.